The van der Waals surface area contributed by atoms with E-state index >= 15 is 0 Å². The lowest BCUT2D eigenvalue weighted by molar-refractivity contribution is -0.115. The number of rotatable bonds is 6. The Morgan fingerprint density at radius 3 is 2.63 bits per heavy atom. The standard InChI is InChI=1S/C19H15BrFNO3S2/c1-2-24-15-8-12(9-16-18(23)22-19(26)27-16)7-14(20)17(15)25-10-11-3-5-13(21)6-4-11/h3-9H,2,10H2,1H3,(H,22,23,26). The van der Waals surface area contributed by atoms with Gasteiger partial charge in [-0.15, -0.1) is 0 Å². The van der Waals surface area contributed by atoms with Crippen LogP contribution in [0.3, 0.4) is 0 Å². The molecule has 1 amide bonds. The van der Waals surface area contributed by atoms with Crippen LogP contribution in [0.5, 0.6) is 11.5 Å². The number of carbonyl (C=O) groups excluding carboxylic acids is 1. The number of thiocarbonyl (C=S) groups is 1. The quantitative estimate of drug-likeness (QED) is 0.475. The van der Waals surface area contributed by atoms with Crippen molar-refractivity contribution in [1.29, 1.82) is 0 Å². The van der Waals surface area contributed by atoms with Gasteiger partial charge in [-0.25, -0.2) is 4.39 Å². The Hall–Kier alpha value is -1.90. The smallest absolute Gasteiger partial charge is 0.263 e. The van der Waals surface area contributed by atoms with Gasteiger partial charge in [0.2, 0.25) is 0 Å². The first-order valence-electron chi connectivity index (χ1n) is 8.04. The van der Waals surface area contributed by atoms with Gasteiger partial charge in [-0.1, -0.05) is 36.1 Å². The fourth-order valence-electron chi connectivity index (χ4n) is 2.38. The van der Waals surface area contributed by atoms with E-state index < -0.39 is 0 Å². The highest BCUT2D eigenvalue weighted by atomic mass is 79.9. The van der Waals surface area contributed by atoms with Gasteiger partial charge in [-0.05, 0) is 64.3 Å². The second kappa shape index (κ2) is 8.86. The zero-order valence-corrected chi connectivity index (χ0v) is 17.5. The topological polar surface area (TPSA) is 47.6 Å². The van der Waals surface area contributed by atoms with Crippen LogP contribution < -0.4 is 14.8 Å². The number of halogens is 2. The maximum atomic E-state index is 13.0. The summed E-state index contributed by atoms with van der Waals surface area (Å²) in [5.74, 6) is 0.588. The van der Waals surface area contributed by atoms with Crippen molar-refractivity contribution in [3.8, 4) is 11.5 Å². The molecule has 1 saturated heterocycles. The minimum Gasteiger partial charge on any atom is -0.490 e. The van der Waals surface area contributed by atoms with Crippen molar-refractivity contribution in [1.82, 2.24) is 5.32 Å². The van der Waals surface area contributed by atoms with Gasteiger partial charge in [0, 0.05) is 0 Å². The Morgan fingerprint density at radius 1 is 1.26 bits per heavy atom. The average Bonchev–Trinajstić information content (AvgIpc) is 2.93. The first-order chi connectivity index (χ1) is 13.0. The van der Waals surface area contributed by atoms with Crippen LogP contribution in [0.15, 0.2) is 45.8 Å². The van der Waals surface area contributed by atoms with Crippen molar-refractivity contribution in [3.05, 3.63) is 62.7 Å². The molecule has 2 aromatic carbocycles. The maximum Gasteiger partial charge on any atom is 0.263 e. The molecule has 0 bridgehead atoms. The van der Waals surface area contributed by atoms with Crippen molar-refractivity contribution in [3.63, 3.8) is 0 Å². The van der Waals surface area contributed by atoms with Crippen molar-refractivity contribution in [2.24, 2.45) is 0 Å². The number of nitrogens with one attached hydrogen (secondary N) is 1. The average molecular weight is 468 g/mol. The summed E-state index contributed by atoms with van der Waals surface area (Å²) in [5.41, 5.74) is 1.62. The first kappa shape index (κ1) is 19.9. The Labute approximate surface area is 174 Å². The Balaban J connectivity index is 1.85. The fraction of sp³-hybridized carbons (Fsp3) is 0.158. The van der Waals surface area contributed by atoms with Crippen LogP contribution >= 0.6 is 39.9 Å². The Bertz CT molecular complexity index is 916. The third-order valence-electron chi connectivity index (χ3n) is 3.57. The van der Waals surface area contributed by atoms with Crippen LogP contribution in [0.25, 0.3) is 6.08 Å². The molecule has 27 heavy (non-hydrogen) atoms. The summed E-state index contributed by atoms with van der Waals surface area (Å²) >= 11 is 9.73. The monoisotopic (exact) mass is 467 g/mol. The summed E-state index contributed by atoms with van der Waals surface area (Å²) in [6.45, 7) is 2.60. The summed E-state index contributed by atoms with van der Waals surface area (Å²) in [7, 11) is 0. The number of benzene rings is 2. The molecule has 0 atom stereocenters. The van der Waals surface area contributed by atoms with Crippen molar-refractivity contribution < 1.29 is 18.7 Å². The second-order valence-electron chi connectivity index (χ2n) is 5.53. The number of amides is 1. The van der Waals surface area contributed by atoms with Gasteiger partial charge < -0.3 is 14.8 Å². The van der Waals surface area contributed by atoms with Crippen LogP contribution in [-0.4, -0.2) is 16.8 Å². The fourth-order valence-corrected chi connectivity index (χ4v) is 4.00. The number of hydrogen-bond acceptors (Lipinski definition) is 5. The predicted octanol–water partition coefficient (Wildman–Crippen LogP) is 5.05. The van der Waals surface area contributed by atoms with Crippen LogP contribution in [0.1, 0.15) is 18.1 Å². The van der Waals surface area contributed by atoms with E-state index in [2.05, 4.69) is 21.2 Å². The van der Waals surface area contributed by atoms with Gasteiger partial charge in [0.05, 0.1) is 16.0 Å². The van der Waals surface area contributed by atoms with Crippen molar-refractivity contribution in [2.75, 3.05) is 6.61 Å². The van der Waals surface area contributed by atoms with Crippen LogP contribution in [0.2, 0.25) is 0 Å². The molecule has 4 nitrogen and oxygen atoms in total. The zero-order valence-electron chi connectivity index (χ0n) is 14.3. The minimum atomic E-state index is -0.291. The molecule has 0 spiro atoms. The molecule has 0 radical (unpaired) electrons. The normalized spacial score (nSPS) is 15.1. The molecule has 2 aromatic rings. The van der Waals surface area contributed by atoms with Gasteiger partial charge in [0.25, 0.3) is 5.91 Å². The number of hydrogen-bond donors (Lipinski definition) is 1. The van der Waals surface area contributed by atoms with E-state index in [4.69, 9.17) is 21.7 Å². The molecular formula is C19H15BrFNO3S2. The molecule has 1 N–H and O–H groups in total. The van der Waals surface area contributed by atoms with Gasteiger partial charge in [-0.2, -0.15) is 0 Å². The molecule has 1 heterocycles. The molecule has 0 saturated carbocycles. The molecule has 1 fully saturated rings. The third kappa shape index (κ3) is 5.09. The highest BCUT2D eigenvalue weighted by Crippen LogP contribution is 2.39. The van der Waals surface area contributed by atoms with Crippen LogP contribution in [-0.2, 0) is 11.4 Å². The van der Waals surface area contributed by atoms with E-state index in [0.29, 0.717) is 31.8 Å². The van der Waals surface area contributed by atoms with Crippen molar-refractivity contribution in [2.45, 2.75) is 13.5 Å². The molecule has 0 unspecified atom stereocenters. The lowest BCUT2D eigenvalue weighted by Gasteiger charge is -2.15. The van der Waals surface area contributed by atoms with E-state index in [9.17, 15) is 9.18 Å². The molecule has 1 aliphatic rings. The summed E-state index contributed by atoms with van der Waals surface area (Å²) in [6.07, 6.45) is 1.75. The van der Waals surface area contributed by atoms with Gasteiger partial charge in [0.1, 0.15) is 16.7 Å². The molecule has 3 rings (SSSR count). The molecule has 0 aliphatic carbocycles. The van der Waals surface area contributed by atoms with E-state index in [0.717, 1.165) is 11.1 Å². The van der Waals surface area contributed by atoms with Gasteiger partial charge in [-0.3, -0.25) is 4.79 Å². The lowest BCUT2D eigenvalue weighted by Crippen LogP contribution is -2.17. The highest BCUT2D eigenvalue weighted by molar-refractivity contribution is 9.10. The number of ether oxygens (including phenoxy) is 2. The molecule has 1 aliphatic heterocycles. The molecular weight excluding hydrogens is 453 g/mol. The van der Waals surface area contributed by atoms with E-state index in [-0.39, 0.29) is 18.3 Å². The maximum absolute atomic E-state index is 13.0. The van der Waals surface area contributed by atoms with E-state index in [1.165, 1.54) is 23.9 Å². The predicted molar refractivity (Wildman–Crippen MR) is 112 cm³/mol. The highest BCUT2D eigenvalue weighted by Gasteiger charge is 2.22. The molecule has 0 aromatic heterocycles. The van der Waals surface area contributed by atoms with Gasteiger partial charge in [0.15, 0.2) is 11.5 Å². The van der Waals surface area contributed by atoms with Crippen molar-refractivity contribution >= 4 is 56.2 Å². The SMILES string of the molecule is CCOc1cc(C=C2SC(=S)NC2=O)cc(Br)c1OCc1ccc(F)cc1. The Morgan fingerprint density at radius 2 is 2.00 bits per heavy atom. The van der Waals surface area contributed by atoms with Crippen LogP contribution in [0.4, 0.5) is 4.39 Å². The molecule has 140 valence electrons. The first-order valence-corrected chi connectivity index (χ1v) is 10.1. The minimum absolute atomic E-state index is 0.212. The summed E-state index contributed by atoms with van der Waals surface area (Å²) in [6, 6.07) is 9.76. The lowest BCUT2D eigenvalue weighted by atomic mass is 10.1. The zero-order chi connectivity index (χ0) is 19.4. The molecule has 8 heteroatoms. The summed E-state index contributed by atoms with van der Waals surface area (Å²) in [4.78, 5) is 12.4. The van der Waals surface area contributed by atoms with Gasteiger partial charge >= 0.3 is 0 Å². The van der Waals surface area contributed by atoms with E-state index in [1.54, 1.807) is 24.3 Å². The van der Waals surface area contributed by atoms with E-state index in [1.807, 2.05) is 13.0 Å². The largest absolute Gasteiger partial charge is 0.490 e. The summed E-state index contributed by atoms with van der Waals surface area (Å²) in [5, 5.41) is 2.59. The summed E-state index contributed by atoms with van der Waals surface area (Å²) < 4.78 is 25.7. The van der Waals surface area contributed by atoms with Crippen LogP contribution in [0, 0.1) is 5.82 Å². The third-order valence-corrected chi connectivity index (χ3v) is 5.32. The Kier molecular flexibility index (Phi) is 6.51. The number of thioether (sulfide) groups is 1. The second-order valence-corrected chi connectivity index (χ2v) is 8.10. The number of carbonyl (C=O) groups is 1.